The molecule has 0 radical (unpaired) electrons. The Morgan fingerprint density at radius 2 is 2.14 bits per heavy atom. The minimum atomic E-state index is 0.00794. The van der Waals surface area contributed by atoms with E-state index in [1.165, 1.54) is 6.21 Å². The lowest BCUT2D eigenvalue weighted by molar-refractivity contribution is -0.119. The summed E-state index contributed by atoms with van der Waals surface area (Å²) in [5.41, 5.74) is 3.23. The molecule has 1 aromatic carbocycles. The lowest BCUT2D eigenvalue weighted by atomic mass is 10.00. The highest BCUT2D eigenvalue weighted by atomic mass is 16.5. The molecule has 2 aromatic heterocycles. The third-order valence-corrected chi connectivity index (χ3v) is 6.50. The molecule has 0 bridgehead atoms. The average Bonchev–Trinajstić information content (AvgIpc) is 3.59. The molecular weight excluding hydrogens is 444 g/mol. The third kappa shape index (κ3) is 5.03. The van der Waals surface area contributed by atoms with E-state index in [9.17, 15) is 4.79 Å². The topological polar surface area (TPSA) is 131 Å². The summed E-state index contributed by atoms with van der Waals surface area (Å²) < 4.78 is 5.62. The molecule has 10 heteroatoms. The standard InChI is InChI=1S/C25H30N8O2/c1-16-15-35-11-10-33(16)23-12-20(21(13-26)24(31-23)30-22-7-9-28-32-22)17-2-4-19(5-3-17)29-25(34)18-6-8-27-14-18/h2-5,7,9,12-13,16,18,26-27H,6,8,10-11,14-15H2,1H3,(H,29,34)(H2,28,30,31,32)/t16-,18?/m1/s1. The van der Waals surface area contributed by atoms with Crippen LogP contribution in [0.15, 0.2) is 42.6 Å². The van der Waals surface area contributed by atoms with Crippen molar-refractivity contribution in [1.82, 2.24) is 20.5 Å². The van der Waals surface area contributed by atoms with Crippen molar-refractivity contribution in [3.8, 4) is 11.1 Å². The highest BCUT2D eigenvalue weighted by Gasteiger charge is 2.24. The number of pyridine rings is 1. The molecule has 5 N–H and O–H groups in total. The zero-order chi connectivity index (χ0) is 24.2. The molecule has 182 valence electrons. The van der Waals surface area contributed by atoms with Gasteiger partial charge in [0.1, 0.15) is 17.5 Å². The Kier molecular flexibility index (Phi) is 6.73. The van der Waals surface area contributed by atoms with Gasteiger partial charge in [-0.2, -0.15) is 5.10 Å². The van der Waals surface area contributed by atoms with Crippen molar-refractivity contribution in [3.05, 3.63) is 48.2 Å². The van der Waals surface area contributed by atoms with Crippen LogP contribution in [0.3, 0.4) is 0 Å². The molecule has 0 spiro atoms. The van der Waals surface area contributed by atoms with Crippen LogP contribution in [-0.2, 0) is 9.53 Å². The first-order valence-corrected chi connectivity index (χ1v) is 11.9. The minimum Gasteiger partial charge on any atom is -0.377 e. The van der Waals surface area contributed by atoms with Crippen molar-refractivity contribution in [2.24, 2.45) is 5.92 Å². The Morgan fingerprint density at radius 1 is 1.29 bits per heavy atom. The molecule has 4 heterocycles. The minimum absolute atomic E-state index is 0.00794. The van der Waals surface area contributed by atoms with Crippen LogP contribution in [0.5, 0.6) is 0 Å². The van der Waals surface area contributed by atoms with Gasteiger partial charge in [-0.05, 0) is 49.2 Å². The fraction of sp³-hybridized carbons (Fsp3) is 0.360. The number of nitrogens with one attached hydrogen (secondary N) is 5. The maximum atomic E-state index is 12.5. The van der Waals surface area contributed by atoms with Crippen LogP contribution < -0.4 is 20.9 Å². The molecule has 2 fully saturated rings. The van der Waals surface area contributed by atoms with Gasteiger partial charge in [0.25, 0.3) is 0 Å². The molecule has 5 rings (SSSR count). The highest BCUT2D eigenvalue weighted by Crippen LogP contribution is 2.34. The molecule has 2 atom stereocenters. The summed E-state index contributed by atoms with van der Waals surface area (Å²) in [6, 6.07) is 11.8. The van der Waals surface area contributed by atoms with E-state index in [0.29, 0.717) is 30.4 Å². The first kappa shape index (κ1) is 23.0. The SMILES string of the molecule is C[C@@H]1COCCN1c1cc(-c2ccc(NC(=O)C3CCNC3)cc2)c(C=N)c(Nc2ccn[nH]2)n1. The second-order valence-corrected chi connectivity index (χ2v) is 8.90. The van der Waals surface area contributed by atoms with Crippen molar-refractivity contribution in [1.29, 1.82) is 5.41 Å². The van der Waals surface area contributed by atoms with Gasteiger partial charge in [0.15, 0.2) is 0 Å². The number of amides is 1. The van der Waals surface area contributed by atoms with E-state index in [-0.39, 0.29) is 17.9 Å². The van der Waals surface area contributed by atoms with Gasteiger partial charge in [-0.25, -0.2) is 4.98 Å². The fourth-order valence-electron chi connectivity index (χ4n) is 4.55. The third-order valence-electron chi connectivity index (χ3n) is 6.50. The normalized spacial score (nSPS) is 20.0. The zero-order valence-corrected chi connectivity index (χ0v) is 19.7. The van der Waals surface area contributed by atoms with Gasteiger partial charge in [-0.3, -0.25) is 9.89 Å². The predicted molar refractivity (Wildman–Crippen MR) is 137 cm³/mol. The van der Waals surface area contributed by atoms with Crippen LogP contribution in [0.2, 0.25) is 0 Å². The van der Waals surface area contributed by atoms with Gasteiger partial charge < -0.3 is 31.0 Å². The van der Waals surface area contributed by atoms with Crippen LogP contribution >= 0.6 is 0 Å². The second-order valence-electron chi connectivity index (χ2n) is 8.90. The van der Waals surface area contributed by atoms with Crippen LogP contribution in [-0.4, -0.2) is 66.2 Å². The maximum Gasteiger partial charge on any atom is 0.228 e. The van der Waals surface area contributed by atoms with E-state index >= 15 is 0 Å². The second kappa shape index (κ2) is 10.2. The summed E-state index contributed by atoms with van der Waals surface area (Å²) in [7, 11) is 0. The average molecular weight is 475 g/mol. The number of nitrogens with zero attached hydrogens (tertiary/aromatic N) is 3. The largest absolute Gasteiger partial charge is 0.377 e. The molecule has 10 nitrogen and oxygen atoms in total. The number of rotatable bonds is 7. The Bertz CT molecular complexity index is 1170. The number of anilines is 4. The lowest BCUT2D eigenvalue weighted by Gasteiger charge is -2.35. The van der Waals surface area contributed by atoms with Gasteiger partial charge in [0.05, 0.1) is 31.4 Å². The Balaban J connectivity index is 1.49. The van der Waals surface area contributed by atoms with Crippen molar-refractivity contribution in [2.45, 2.75) is 19.4 Å². The van der Waals surface area contributed by atoms with E-state index in [2.05, 4.69) is 38.0 Å². The summed E-state index contributed by atoms with van der Waals surface area (Å²) in [4.78, 5) is 19.6. The first-order valence-electron chi connectivity index (χ1n) is 11.9. The number of morpholine rings is 1. The maximum absolute atomic E-state index is 12.5. The van der Waals surface area contributed by atoms with Gasteiger partial charge in [-0.15, -0.1) is 0 Å². The molecule has 2 saturated heterocycles. The molecule has 1 amide bonds. The molecule has 0 aliphatic carbocycles. The number of hydrogen-bond donors (Lipinski definition) is 5. The number of hydrogen-bond acceptors (Lipinski definition) is 8. The van der Waals surface area contributed by atoms with Crippen molar-refractivity contribution < 1.29 is 9.53 Å². The van der Waals surface area contributed by atoms with E-state index < -0.39 is 0 Å². The number of benzene rings is 1. The van der Waals surface area contributed by atoms with E-state index in [1.807, 2.05) is 36.4 Å². The van der Waals surface area contributed by atoms with Crippen molar-refractivity contribution in [3.63, 3.8) is 0 Å². The number of aromatic nitrogens is 3. The number of H-pyrrole nitrogens is 1. The molecule has 3 aromatic rings. The lowest BCUT2D eigenvalue weighted by Crippen LogP contribution is -2.44. The monoisotopic (exact) mass is 474 g/mol. The molecule has 2 aliphatic rings. The summed E-state index contributed by atoms with van der Waals surface area (Å²) in [5, 5.41) is 24.6. The van der Waals surface area contributed by atoms with Crippen LogP contribution in [0, 0.1) is 11.3 Å². The first-order chi connectivity index (χ1) is 17.1. The highest BCUT2D eigenvalue weighted by molar-refractivity contribution is 5.97. The smallest absolute Gasteiger partial charge is 0.228 e. The van der Waals surface area contributed by atoms with Crippen molar-refractivity contribution >= 4 is 35.3 Å². The quantitative estimate of drug-likeness (QED) is 0.333. The number of carbonyl (C=O) groups excluding carboxylic acids is 1. The Labute approximate surface area is 204 Å². The molecule has 2 aliphatic heterocycles. The summed E-state index contributed by atoms with van der Waals surface area (Å²) >= 11 is 0. The molecule has 0 saturated carbocycles. The van der Waals surface area contributed by atoms with Gasteiger partial charge in [0, 0.05) is 36.6 Å². The summed E-state index contributed by atoms with van der Waals surface area (Å²) in [6.45, 7) is 5.73. The fourth-order valence-corrected chi connectivity index (χ4v) is 4.55. The Hall–Kier alpha value is -3.76. The van der Waals surface area contributed by atoms with Gasteiger partial charge in [0.2, 0.25) is 5.91 Å². The molecule has 35 heavy (non-hydrogen) atoms. The van der Waals surface area contributed by atoms with Gasteiger partial charge in [-0.1, -0.05) is 12.1 Å². The van der Waals surface area contributed by atoms with Gasteiger partial charge >= 0.3 is 0 Å². The van der Waals surface area contributed by atoms with Crippen LogP contribution in [0.4, 0.5) is 23.1 Å². The van der Waals surface area contributed by atoms with Crippen LogP contribution in [0.1, 0.15) is 18.9 Å². The molecular formula is C25H30N8O2. The van der Waals surface area contributed by atoms with Crippen molar-refractivity contribution in [2.75, 3.05) is 48.4 Å². The van der Waals surface area contributed by atoms with E-state index in [4.69, 9.17) is 15.1 Å². The molecule has 1 unspecified atom stereocenters. The summed E-state index contributed by atoms with van der Waals surface area (Å²) in [6.07, 6.45) is 3.84. The van der Waals surface area contributed by atoms with Crippen LogP contribution in [0.25, 0.3) is 11.1 Å². The number of ether oxygens (including phenoxy) is 1. The zero-order valence-electron chi connectivity index (χ0n) is 19.7. The van der Waals surface area contributed by atoms with E-state index in [1.54, 1.807) is 6.20 Å². The summed E-state index contributed by atoms with van der Waals surface area (Å²) in [5.74, 6) is 2.13. The predicted octanol–water partition coefficient (Wildman–Crippen LogP) is 2.99. The number of carbonyl (C=O) groups is 1. The Morgan fingerprint density at radius 3 is 2.83 bits per heavy atom. The number of aromatic amines is 1. The van der Waals surface area contributed by atoms with E-state index in [0.717, 1.165) is 48.7 Å².